The molecule has 5 amide bonds. The van der Waals surface area contributed by atoms with Gasteiger partial charge in [0, 0.05) is 38.0 Å². The van der Waals surface area contributed by atoms with Crippen LogP contribution in [0.1, 0.15) is 69.8 Å². The zero-order valence-corrected chi connectivity index (χ0v) is 21.4. The van der Waals surface area contributed by atoms with Crippen molar-refractivity contribution < 1.29 is 19.2 Å². The zero-order valence-electron chi connectivity index (χ0n) is 21.4. The lowest BCUT2D eigenvalue weighted by Gasteiger charge is -2.39. The Morgan fingerprint density at radius 3 is 2.44 bits per heavy atom. The van der Waals surface area contributed by atoms with Gasteiger partial charge in [-0.1, -0.05) is 50.1 Å². The molecule has 0 bridgehead atoms. The lowest BCUT2D eigenvalue weighted by atomic mass is 9.80. The maximum Gasteiger partial charge on any atom is 0.317 e. The van der Waals surface area contributed by atoms with E-state index in [1.54, 1.807) is 23.8 Å². The summed E-state index contributed by atoms with van der Waals surface area (Å²) in [6.45, 7) is 2.27. The summed E-state index contributed by atoms with van der Waals surface area (Å²) in [4.78, 5) is 55.3. The van der Waals surface area contributed by atoms with Crippen LogP contribution in [0.3, 0.4) is 0 Å². The zero-order chi connectivity index (χ0) is 25.7. The molecule has 4 rings (SSSR count). The predicted molar refractivity (Wildman–Crippen MR) is 136 cm³/mol. The number of fused-ring (bicyclic) bond motifs is 1. The van der Waals surface area contributed by atoms with Gasteiger partial charge in [-0.05, 0) is 37.7 Å². The number of nitrogens with zero attached hydrogens (tertiary/aromatic N) is 2. The fourth-order valence-corrected chi connectivity index (χ4v) is 6.06. The summed E-state index contributed by atoms with van der Waals surface area (Å²) in [5.74, 6) is -0.378. The van der Waals surface area contributed by atoms with Crippen molar-refractivity contribution in [1.29, 1.82) is 0 Å². The minimum absolute atomic E-state index is 0.0388. The van der Waals surface area contributed by atoms with Gasteiger partial charge in [-0.2, -0.15) is 0 Å². The van der Waals surface area contributed by atoms with E-state index >= 15 is 0 Å². The largest absolute Gasteiger partial charge is 0.351 e. The first-order chi connectivity index (χ1) is 17.4. The molecule has 9 heteroatoms. The Labute approximate surface area is 213 Å². The van der Waals surface area contributed by atoms with Crippen LogP contribution in [0.4, 0.5) is 4.79 Å². The second-order valence-corrected chi connectivity index (χ2v) is 10.2. The van der Waals surface area contributed by atoms with Crippen molar-refractivity contribution in [3.8, 4) is 0 Å². The second kappa shape index (κ2) is 11.8. The summed E-state index contributed by atoms with van der Waals surface area (Å²) < 4.78 is 0. The smallest absolute Gasteiger partial charge is 0.317 e. The Kier molecular flexibility index (Phi) is 8.48. The molecular formula is C27H39N5O4. The SMILES string of the molecule is CCC(=O)N[C@H]1CN(C(=O)NC)CC[C@H]2CCC(C(=O)N[C@H]3CCCC[C@@H]3c3ccccc3)N2C1=O. The Bertz CT molecular complexity index is 955. The highest BCUT2D eigenvalue weighted by Crippen LogP contribution is 2.34. The van der Waals surface area contributed by atoms with Crippen LogP contribution in [0.25, 0.3) is 0 Å². The molecule has 2 heterocycles. The summed E-state index contributed by atoms with van der Waals surface area (Å²) in [6.07, 6.45) is 6.30. The quantitative estimate of drug-likeness (QED) is 0.579. The summed E-state index contributed by atoms with van der Waals surface area (Å²) >= 11 is 0. The van der Waals surface area contributed by atoms with Crippen molar-refractivity contribution in [2.45, 2.75) is 88.4 Å². The summed E-state index contributed by atoms with van der Waals surface area (Å²) in [6, 6.07) is 8.52. The molecular weight excluding hydrogens is 458 g/mol. The molecule has 1 aromatic carbocycles. The van der Waals surface area contributed by atoms with Gasteiger partial charge in [-0.15, -0.1) is 0 Å². The highest BCUT2D eigenvalue weighted by Gasteiger charge is 2.46. The van der Waals surface area contributed by atoms with Gasteiger partial charge < -0.3 is 25.8 Å². The Hall–Kier alpha value is -3.10. The van der Waals surface area contributed by atoms with Crippen LogP contribution in [0, 0.1) is 0 Å². The molecule has 2 saturated heterocycles. The van der Waals surface area contributed by atoms with Gasteiger partial charge in [0.15, 0.2) is 0 Å². The van der Waals surface area contributed by atoms with E-state index in [9.17, 15) is 19.2 Å². The van der Waals surface area contributed by atoms with Crippen LogP contribution in [0.5, 0.6) is 0 Å². The molecule has 3 N–H and O–H groups in total. The van der Waals surface area contributed by atoms with E-state index in [0.29, 0.717) is 25.8 Å². The van der Waals surface area contributed by atoms with E-state index in [0.717, 1.165) is 25.7 Å². The van der Waals surface area contributed by atoms with Crippen molar-refractivity contribution in [2.75, 3.05) is 20.1 Å². The monoisotopic (exact) mass is 497 g/mol. The highest BCUT2D eigenvalue weighted by atomic mass is 16.2. The average Bonchev–Trinajstić information content (AvgIpc) is 3.33. The van der Waals surface area contributed by atoms with Crippen LogP contribution < -0.4 is 16.0 Å². The summed E-state index contributed by atoms with van der Waals surface area (Å²) in [7, 11) is 1.55. The number of nitrogens with one attached hydrogen (secondary N) is 3. The van der Waals surface area contributed by atoms with Crippen LogP contribution in [-0.2, 0) is 14.4 Å². The topological polar surface area (TPSA) is 111 Å². The van der Waals surface area contributed by atoms with Gasteiger partial charge in [-0.3, -0.25) is 14.4 Å². The second-order valence-electron chi connectivity index (χ2n) is 10.2. The van der Waals surface area contributed by atoms with E-state index in [1.807, 2.05) is 18.2 Å². The normalized spacial score (nSPS) is 28.5. The molecule has 0 radical (unpaired) electrons. The van der Waals surface area contributed by atoms with Gasteiger partial charge in [0.1, 0.15) is 12.1 Å². The lowest BCUT2D eigenvalue weighted by molar-refractivity contribution is -0.144. The number of carbonyl (C=O) groups excluding carboxylic acids is 4. The highest BCUT2D eigenvalue weighted by molar-refractivity contribution is 5.93. The standard InChI is InChI=1S/C27H39N5O4/c1-3-24(33)29-22-17-31(27(36)28-2)16-15-19-13-14-23(32(19)26(22)35)25(34)30-21-12-8-7-11-20(21)18-9-5-4-6-10-18/h4-6,9-10,19-23H,3,7-8,11-17H2,1-2H3,(H,28,36)(H,29,33)(H,30,34)/t19-,20-,21+,22+,23?/m1/s1. The van der Waals surface area contributed by atoms with Gasteiger partial charge >= 0.3 is 6.03 Å². The third kappa shape index (κ3) is 5.65. The maximum absolute atomic E-state index is 13.8. The van der Waals surface area contributed by atoms with Gasteiger partial charge in [0.05, 0.1) is 6.54 Å². The third-order valence-corrected chi connectivity index (χ3v) is 7.97. The summed E-state index contributed by atoms with van der Waals surface area (Å²) in [5, 5.41) is 8.72. The number of hydrogen-bond acceptors (Lipinski definition) is 4. The lowest BCUT2D eigenvalue weighted by Crippen LogP contribution is -2.62. The average molecular weight is 498 g/mol. The van der Waals surface area contributed by atoms with Crippen molar-refractivity contribution in [3.05, 3.63) is 35.9 Å². The van der Waals surface area contributed by atoms with E-state index in [2.05, 4.69) is 28.1 Å². The maximum atomic E-state index is 13.8. The first kappa shape index (κ1) is 26.0. The first-order valence-electron chi connectivity index (χ1n) is 13.4. The third-order valence-electron chi connectivity index (χ3n) is 7.97. The van der Waals surface area contributed by atoms with E-state index in [1.165, 1.54) is 5.56 Å². The van der Waals surface area contributed by atoms with E-state index in [-0.39, 0.29) is 54.7 Å². The van der Waals surface area contributed by atoms with Crippen molar-refractivity contribution in [1.82, 2.24) is 25.8 Å². The Morgan fingerprint density at radius 2 is 1.72 bits per heavy atom. The number of carbonyl (C=O) groups is 4. The van der Waals surface area contributed by atoms with Crippen LogP contribution in [-0.4, -0.2) is 77.9 Å². The van der Waals surface area contributed by atoms with E-state index in [4.69, 9.17) is 0 Å². The molecule has 9 nitrogen and oxygen atoms in total. The minimum Gasteiger partial charge on any atom is -0.351 e. The molecule has 1 saturated carbocycles. The fraction of sp³-hybridized carbons (Fsp3) is 0.630. The number of rotatable bonds is 5. The number of benzene rings is 1. The molecule has 2 aliphatic heterocycles. The number of urea groups is 1. The van der Waals surface area contributed by atoms with Gasteiger partial charge in [0.2, 0.25) is 17.7 Å². The number of hydrogen-bond donors (Lipinski definition) is 3. The van der Waals surface area contributed by atoms with Crippen molar-refractivity contribution in [2.24, 2.45) is 0 Å². The predicted octanol–water partition coefficient (Wildman–Crippen LogP) is 2.13. The summed E-state index contributed by atoms with van der Waals surface area (Å²) in [5.41, 5.74) is 1.24. The number of amides is 5. The minimum atomic E-state index is -0.877. The van der Waals surface area contributed by atoms with Gasteiger partial charge in [-0.25, -0.2) is 4.79 Å². The van der Waals surface area contributed by atoms with Crippen molar-refractivity contribution >= 4 is 23.8 Å². The van der Waals surface area contributed by atoms with Crippen LogP contribution >= 0.6 is 0 Å². The molecule has 5 atom stereocenters. The van der Waals surface area contributed by atoms with Crippen molar-refractivity contribution in [3.63, 3.8) is 0 Å². The van der Waals surface area contributed by atoms with Crippen LogP contribution in [0.15, 0.2) is 30.3 Å². The Morgan fingerprint density at radius 1 is 0.972 bits per heavy atom. The molecule has 36 heavy (non-hydrogen) atoms. The molecule has 1 aliphatic carbocycles. The molecule has 3 aliphatic rings. The fourth-order valence-electron chi connectivity index (χ4n) is 6.06. The Balaban J connectivity index is 1.52. The van der Waals surface area contributed by atoms with E-state index < -0.39 is 12.1 Å². The molecule has 0 aromatic heterocycles. The van der Waals surface area contributed by atoms with Crippen LogP contribution in [0.2, 0.25) is 0 Å². The molecule has 1 aromatic rings. The molecule has 1 unspecified atom stereocenters. The molecule has 3 fully saturated rings. The first-order valence-corrected chi connectivity index (χ1v) is 13.4. The molecule has 0 spiro atoms. The molecule has 196 valence electrons. The van der Waals surface area contributed by atoms with Gasteiger partial charge in [0.25, 0.3) is 0 Å².